The van der Waals surface area contributed by atoms with Gasteiger partial charge < -0.3 is 9.72 Å². The summed E-state index contributed by atoms with van der Waals surface area (Å²) < 4.78 is 7.28. The van der Waals surface area contributed by atoms with E-state index in [2.05, 4.69) is 26.7 Å². The molecule has 4 rings (SSSR count). The fourth-order valence-corrected chi connectivity index (χ4v) is 3.64. The van der Waals surface area contributed by atoms with Crippen LogP contribution in [-0.2, 0) is 4.74 Å². The van der Waals surface area contributed by atoms with Crippen LogP contribution in [0, 0.1) is 0 Å². The molecule has 136 valence electrons. The minimum atomic E-state index is -0.425. The van der Waals surface area contributed by atoms with Gasteiger partial charge in [-0.15, -0.1) is 0 Å². The van der Waals surface area contributed by atoms with Gasteiger partial charge in [-0.25, -0.2) is 14.5 Å². The van der Waals surface area contributed by atoms with Gasteiger partial charge in [0.1, 0.15) is 0 Å². The van der Waals surface area contributed by atoms with Gasteiger partial charge in [-0.3, -0.25) is 4.79 Å². The molecule has 1 aromatic carbocycles. The number of hydrogen-bond donors (Lipinski definition) is 1. The Morgan fingerprint density at radius 2 is 2.11 bits per heavy atom. The van der Waals surface area contributed by atoms with Crippen LogP contribution in [0.5, 0.6) is 0 Å². The number of H-pyrrole nitrogens is 1. The van der Waals surface area contributed by atoms with Crippen LogP contribution in [0.2, 0.25) is 0 Å². The van der Waals surface area contributed by atoms with E-state index >= 15 is 0 Å². The lowest BCUT2D eigenvalue weighted by atomic mass is 9.98. The van der Waals surface area contributed by atoms with Crippen LogP contribution in [0.25, 0.3) is 16.0 Å². The predicted molar refractivity (Wildman–Crippen MR) is 103 cm³/mol. The molecule has 3 heterocycles. The predicted octanol–water partition coefficient (Wildman–Crippen LogP) is 3.11. The average molecular weight is 380 g/mol. The largest absolute Gasteiger partial charge is 0.465 e. The van der Waals surface area contributed by atoms with Gasteiger partial charge in [-0.1, -0.05) is 24.3 Å². The quantitative estimate of drug-likeness (QED) is 0.550. The highest BCUT2D eigenvalue weighted by Gasteiger charge is 2.14. The van der Waals surface area contributed by atoms with E-state index in [4.69, 9.17) is 0 Å². The monoisotopic (exact) mass is 380 g/mol. The zero-order valence-corrected chi connectivity index (χ0v) is 15.5. The van der Waals surface area contributed by atoms with E-state index in [-0.39, 0.29) is 10.8 Å². The number of nitrogens with one attached hydrogen (secondary N) is 1. The lowest BCUT2D eigenvalue weighted by Gasteiger charge is -2.09. The standard InChI is InChI=1S/C19H16N4O3S/c1-11(12-3-5-15-16(9-12)27-19(25)21-15)14-7-8-23(22-14)17-6-4-13(10-20-17)18(24)26-2/h3-11H,1-2H3,(H,21,25). The summed E-state index contributed by atoms with van der Waals surface area (Å²) in [5.74, 6) is 0.244. The van der Waals surface area contributed by atoms with E-state index in [1.54, 1.807) is 16.8 Å². The lowest BCUT2D eigenvalue weighted by molar-refractivity contribution is 0.0600. The van der Waals surface area contributed by atoms with Crippen LogP contribution in [-0.4, -0.2) is 32.8 Å². The summed E-state index contributed by atoms with van der Waals surface area (Å²) in [5.41, 5.74) is 3.20. The Bertz CT molecular complexity index is 1170. The number of aromatic amines is 1. The van der Waals surface area contributed by atoms with E-state index in [0.717, 1.165) is 21.5 Å². The molecular formula is C19H16N4O3S. The molecule has 1 unspecified atom stereocenters. The van der Waals surface area contributed by atoms with Crippen molar-refractivity contribution in [1.82, 2.24) is 19.7 Å². The Kier molecular flexibility index (Phi) is 4.33. The number of fused-ring (bicyclic) bond motifs is 1. The Morgan fingerprint density at radius 3 is 2.85 bits per heavy atom. The number of nitrogens with zero attached hydrogens (tertiary/aromatic N) is 3. The second-order valence-corrected chi connectivity index (χ2v) is 7.09. The molecule has 0 saturated carbocycles. The number of rotatable bonds is 4. The van der Waals surface area contributed by atoms with E-state index in [1.807, 2.05) is 30.5 Å². The van der Waals surface area contributed by atoms with Crippen molar-refractivity contribution in [2.45, 2.75) is 12.8 Å². The molecule has 8 heteroatoms. The molecule has 0 bridgehead atoms. The van der Waals surface area contributed by atoms with Crippen molar-refractivity contribution in [1.29, 1.82) is 0 Å². The molecule has 0 spiro atoms. The van der Waals surface area contributed by atoms with E-state index < -0.39 is 5.97 Å². The molecule has 0 radical (unpaired) electrons. The van der Waals surface area contributed by atoms with E-state index in [9.17, 15) is 9.59 Å². The SMILES string of the molecule is COC(=O)c1ccc(-n2ccc(C(C)c3ccc4[nH]c(=O)sc4c3)n2)nc1. The van der Waals surface area contributed by atoms with Gasteiger partial charge in [-0.2, -0.15) is 5.10 Å². The number of esters is 1. The highest BCUT2D eigenvalue weighted by Crippen LogP contribution is 2.26. The second kappa shape index (κ2) is 6.81. The molecule has 0 fully saturated rings. The summed E-state index contributed by atoms with van der Waals surface area (Å²) in [4.78, 5) is 30.0. The maximum atomic E-state index is 11.5. The maximum absolute atomic E-state index is 11.5. The molecule has 0 amide bonds. The van der Waals surface area contributed by atoms with Crippen molar-refractivity contribution in [2.24, 2.45) is 0 Å². The summed E-state index contributed by atoms with van der Waals surface area (Å²) in [6.07, 6.45) is 3.30. The van der Waals surface area contributed by atoms with Crippen LogP contribution in [0.3, 0.4) is 0 Å². The fourth-order valence-electron chi connectivity index (χ4n) is 2.86. The number of aromatic nitrogens is 4. The van der Waals surface area contributed by atoms with Crippen LogP contribution in [0.4, 0.5) is 0 Å². The maximum Gasteiger partial charge on any atom is 0.339 e. The Morgan fingerprint density at radius 1 is 1.26 bits per heavy atom. The Hall–Kier alpha value is -3.26. The number of hydrogen-bond acceptors (Lipinski definition) is 6. The van der Waals surface area contributed by atoms with Gasteiger partial charge in [0.05, 0.1) is 28.6 Å². The normalized spacial score (nSPS) is 12.2. The number of methoxy groups -OCH3 is 1. The van der Waals surface area contributed by atoms with Crippen molar-refractivity contribution in [3.8, 4) is 5.82 Å². The van der Waals surface area contributed by atoms with Crippen molar-refractivity contribution >= 4 is 27.5 Å². The first kappa shape index (κ1) is 17.2. The van der Waals surface area contributed by atoms with Gasteiger partial charge >= 0.3 is 10.8 Å². The first-order chi connectivity index (χ1) is 13.0. The van der Waals surface area contributed by atoms with Gasteiger partial charge in [-0.05, 0) is 35.9 Å². The minimum Gasteiger partial charge on any atom is -0.465 e. The average Bonchev–Trinajstić information content (AvgIpc) is 3.32. The third kappa shape index (κ3) is 3.26. The van der Waals surface area contributed by atoms with Crippen molar-refractivity contribution < 1.29 is 9.53 Å². The smallest absolute Gasteiger partial charge is 0.339 e. The number of benzene rings is 1. The summed E-state index contributed by atoms with van der Waals surface area (Å²) in [6, 6.07) is 11.2. The summed E-state index contributed by atoms with van der Waals surface area (Å²) in [5, 5.41) is 4.61. The third-order valence-corrected chi connectivity index (χ3v) is 5.25. The molecule has 0 aliphatic carbocycles. The van der Waals surface area contributed by atoms with Crippen LogP contribution >= 0.6 is 11.3 Å². The van der Waals surface area contributed by atoms with Crippen LogP contribution in [0.1, 0.15) is 34.5 Å². The third-order valence-electron chi connectivity index (χ3n) is 4.40. The van der Waals surface area contributed by atoms with E-state index in [1.165, 1.54) is 24.6 Å². The molecule has 3 aromatic heterocycles. The molecule has 27 heavy (non-hydrogen) atoms. The Balaban J connectivity index is 1.60. The number of carbonyl (C=O) groups is 1. The zero-order chi connectivity index (χ0) is 19.0. The van der Waals surface area contributed by atoms with E-state index in [0.29, 0.717) is 11.4 Å². The first-order valence-corrected chi connectivity index (χ1v) is 9.10. The number of pyridine rings is 1. The molecule has 0 aliphatic heterocycles. The molecule has 0 aliphatic rings. The van der Waals surface area contributed by atoms with Gasteiger partial charge in [0.25, 0.3) is 0 Å². The van der Waals surface area contributed by atoms with Crippen LogP contribution in [0.15, 0.2) is 53.6 Å². The molecule has 0 saturated heterocycles. The number of ether oxygens (including phenoxy) is 1. The molecule has 4 aromatic rings. The topological polar surface area (TPSA) is 89.9 Å². The zero-order valence-electron chi connectivity index (χ0n) is 14.7. The fraction of sp³-hybridized carbons (Fsp3) is 0.158. The number of thiazole rings is 1. The summed E-state index contributed by atoms with van der Waals surface area (Å²) >= 11 is 1.20. The molecule has 1 N–H and O–H groups in total. The molecule has 7 nitrogen and oxygen atoms in total. The highest BCUT2D eigenvalue weighted by molar-refractivity contribution is 7.16. The summed E-state index contributed by atoms with van der Waals surface area (Å²) in [6.45, 7) is 2.07. The Labute approximate surface area is 158 Å². The molecule has 1 atom stereocenters. The van der Waals surface area contributed by atoms with Crippen molar-refractivity contribution in [2.75, 3.05) is 7.11 Å². The first-order valence-electron chi connectivity index (χ1n) is 8.28. The van der Waals surface area contributed by atoms with Crippen molar-refractivity contribution in [3.63, 3.8) is 0 Å². The van der Waals surface area contributed by atoms with Gasteiger partial charge in [0, 0.05) is 18.3 Å². The highest BCUT2D eigenvalue weighted by atomic mass is 32.1. The lowest BCUT2D eigenvalue weighted by Crippen LogP contribution is -2.05. The van der Waals surface area contributed by atoms with Crippen LogP contribution < -0.4 is 4.87 Å². The van der Waals surface area contributed by atoms with Gasteiger partial charge in [0.15, 0.2) is 5.82 Å². The van der Waals surface area contributed by atoms with Crippen molar-refractivity contribution in [3.05, 3.63) is 75.3 Å². The van der Waals surface area contributed by atoms with Gasteiger partial charge in [0.2, 0.25) is 0 Å². The second-order valence-electron chi connectivity index (χ2n) is 6.07. The molecular weight excluding hydrogens is 364 g/mol. The number of carbonyl (C=O) groups excluding carboxylic acids is 1. The summed E-state index contributed by atoms with van der Waals surface area (Å²) in [7, 11) is 1.33. The minimum absolute atomic E-state index is 0.0550.